The maximum absolute atomic E-state index is 12.5. The number of carbonyl (C=O) groups excluding carboxylic acids is 2. The summed E-state index contributed by atoms with van der Waals surface area (Å²) in [5.41, 5.74) is 2.66. The number of benzene rings is 1. The van der Waals surface area contributed by atoms with Crippen molar-refractivity contribution >= 4 is 35.0 Å². The molecule has 4 aromatic rings. The van der Waals surface area contributed by atoms with Gasteiger partial charge in [-0.15, -0.1) is 10.2 Å². The summed E-state index contributed by atoms with van der Waals surface area (Å²) in [7, 11) is 0. The fraction of sp³-hybridized carbons (Fsp3) is 0.143. The number of nitrogens with one attached hydrogen (secondary N) is 1. The van der Waals surface area contributed by atoms with Crippen molar-refractivity contribution in [2.24, 2.45) is 0 Å². The third kappa shape index (κ3) is 4.69. The molecule has 31 heavy (non-hydrogen) atoms. The first-order chi connectivity index (χ1) is 15.2. The summed E-state index contributed by atoms with van der Waals surface area (Å²) < 4.78 is 6.61. The number of thioether (sulfide) groups is 1. The molecule has 4 rings (SSSR count). The molecule has 0 unspecified atom stereocenters. The Bertz CT molecular complexity index is 1230. The van der Waals surface area contributed by atoms with Crippen LogP contribution in [0.25, 0.3) is 17.0 Å². The van der Waals surface area contributed by atoms with Crippen molar-refractivity contribution in [2.45, 2.75) is 12.1 Å². The van der Waals surface area contributed by atoms with Crippen LogP contribution in [0.4, 0.5) is 5.69 Å². The van der Waals surface area contributed by atoms with Gasteiger partial charge in [-0.25, -0.2) is 4.79 Å². The first-order valence-corrected chi connectivity index (χ1v) is 10.5. The van der Waals surface area contributed by atoms with Crippen molar-refractivity contribution in [1.29, 1.82) is 0 Å². The van der Waals surface area contributed by atoms with Gasteiger partial charge in [-0.3, -0.25) is 9.78 Å². The smallest absolute Gasteiger partial charge is 0.340 e. The summed E-state index contributed by atoms with van der Waals surface area (Å²) in [4.78, 5) is 28.9. The number of ether oxygens (including phenoxy) is 1. The van der Waals surface area contributed by atoms with Crippen molar-refractivity contribution in [3.63, 3.8) is 0 Å². The molecular formula is C21H18N6O3S. The van der Waals surface area contributed by atoms with Crippen LogP contribution in [0.3, 0.4) is 0 Å². The number of rotatable bonds is 7. The normalized spacial score (nSPS) is 10.7. The summed E-state index contributed by atoms with van der Waals surface area (Å²) in [6, 6.07) is 15.9. The highest BCUT2D eigenvalue weighted by Gasteiger charge is 2.16. The number of hydrogen-bond donors (Lipinski definition) is 1. The van der Waals surface area contributed by atoms with Gasteiger partial charge in [0, 0.05) is 6.20 Å². The van der Waals surface area contributed by atoms with E-state index in [0.717, 1.165) is 5.69 Å². The summed E-state index contributed by atoms with van der Waals surface area (Å²) in [6.07, 6.45) is 1.70. The van der Waals surface area contributed by atoms with Gasteiger partial charge < -0.3 is 10.1 Å². The molecule has 0 saturated carbocycles. The van der Waals surface area contributed by atoms with Crippen LogP contribution in [-0.4, -0.2) is 49.0 Å². The highest BCUT2D eigenvalue weighted by Crippen LogP contribution is 2.21. The Balaban J connectivity index is 1.47. The van der Waals surface area contributed by atoms with Crippen LogP contribution in [0.15, 0.2) is 66.0 Å². The van der Waals surface area contributed by atoms with Gasteiger partial charge in [0.25, 0.3) is 0 Å². The van der Waals surface area contributed by atoms with E-state index in [2.05, 4.69) is 25.6 Å². The second-order valence-electron chi connectivity index (χ2n) is 6.29. The minimum atomic E-state index is -0.485. The van der Waals surface area contributed by atoms with Crippen LogP contribution in [0.2, 0.25) is 0 Å². The summed E-state index contributed by atoms with van der Waals surface area (Å²) >= 11 is 1.19. The van der Waals surface area contributed by atoms with Crippen molar-refractivity contribution in [2.75, 3.05) is 17.7 Å². The fourth-order valence-electron chi connectivity index (χ4n) is 2.81. The molecule has 0 saturated heterocycles. The predicted molar refractivity (Wildman–Crippen MR) is 116 cm³/mol. The van der Waals surface area contributed by atoms with Gasteiger partial charge in [-0.1, -0.05) is 30.0 Å². The van der Waals surface area contributed by atoms with E-state index < -0.39 is 5.97 Å². The van der Waals surface area contributed by atoms with E-state index in [0.29, 0.717) is 27.7 Å². The molecule has 10 heteroatoms. The number of para-hydroxylation sites is 1. The highest BCUT2D eigenvalue weighted by atomic mass is 32.2. The van der Waals surface area contributed by atoms with E-state index >= 15 is 0 Å². The molecule has 1 N–H and O–H groups in total. The molecule has 0 radical (unpaired) electrons. The minimum absolute atomic E-state index is 0.0629. The van der Waals surface area contributed by atoms with Crippen LogP contribution < -0.4 is 5.32 Å². The van der Waals surface area contributed by atoms with E-state index in [1.54, 1.807) is 48.0 Å². The van der Waals surface area contributed by atoms with Crippen LogP contribution in [0.5, 0.6) is 0 Å². The van der Waals surface area contributed by atoms with E-state index in [1.165, 1.54) is 11.8 Å². The Kier molecular flexibility index (Phi) is 6.18. The zero-order chi connectivity index (χ0) is 21.6. The fourth-order valence-corrected chi connectivity index (χ4v) is 3.49. The second-order valence-corrected chi connectivity index (χ2v) is 7.23. The van der Waals surface area contributed by atoms with Gasteiger partial charge in [0.15, 0.2) is 5.65 Å². The van der Waals surface area contributed by atoms with E-state index in [-0.39, 0.29) is 18.3 Å². The summed E-state index contributed by atoms with van der Waals surface area (Å²) in [5.74, 6) is -0.715. The minimum Gasteiger partial charge on any atom is -0.462 e. The number of pyridine rings is 1. The molecule has 0 bridgehead atoms. The van der Waals surface area contributed by atoms with Gasteiger partial charge in [-0.2, -0.15) is 9.61 Å². The quantitative estimate of drug-likeness (QED) is 0.349. The Morgan fingerprint density at radius 2 is 1.87 bits per heavy atom. The first-order valence-electron chi connectivity index (χ1n) is 9.48. The number of nitrogens with zero attached hydrogens (tertiary/aromatic N) is 5. The average Bonchev–Trinajstić information content (AvgIpc) is 3.21. The molecule has 0 aliphatic rings. The Morgan fingerprint density at radius 3 is 2.68 bits per heavy atom. The first kappa shape index (κ1) is 20.5. The van der Waals surface area contributed by atoms with E-state index in [9.17, 15) is 9.59 Å². The number of anilines is 1. The summed E-state index contributed by atoms with van der Waals surface area (Å²) in [5, 5.41) is 16.0. The van der Waals surface area contributed by atoms with Crippen molar-refractivity contribution < 1.29 is 14.3 Å². The van der Waals surface area contributed by atoms with Crippen LogP contribution in [0.1, 0.15) is 17.3 Å². The Morgan fingerprint density at radius 1 is 1.03 bits per heavy atom. The van der Waals surface area contributed by atoms with Gasteiger partial charge in [-0.05, 0) is 43.3 Å². The van der Waals surface area contributed by atoms with Gasteiger partial charge in [0.1, 0.15) is 5.69 Å². The van der Waals surface area contributed by atoms with Crippen LogP contribution >= 0.6 is 11.8 Å². The SMILES string of the molecule is CCOC(=O)c1ccccc1NC(=O)CSc1nnc2ccc(-c3ccccn3)nn12. The number of fused-ring (bicyclic) bond motifs is 1. The van der Waals surface area contributed by atoms with Crippen molar-refractivity contribution in [3.05, 3.63) is 66.4 Å². The average molecular weight is 434 g/mol. The zero-order valence-corrected chi connectivity index (χ0v) is 17.4. The molecule has 9 nitrogen and oxygen atoms in total. The van der Waals surface area contributed by atoms with Gasteiger partial charge in [0.05, 0.1) is 29.3 Å². The molecule has 0 fully saturated rings. The number of hydrogen-bond acceptors (Lipinski definition) is 8. The molecular weight excluding hydrogens is 416 g/mol. The molecule has 0 aliphatic carbocycles. The maximum Gasteiger partial charge on any atom is 0.340 e. The topological polar surface area (TPSA) is 111 Å². The maximum atomic E-state index is 12.5. The molecule has 0 spiro atoms. The zero-order valence-electron chi connectivity index (χ0n) is 16.6. The Labute approximate surface area is 181 Å². The van der Waals surface area contributed by atoms with Crippen LogP contribution in [-0.2, 0) is 9.53 Å². The number of aromatic nitrogens is 5. The molecule has 3 heterocycles. The monoisotopic (exact) mass is 434 g/mol. The van der Waals surface area contributed by atoms with Crippen molar-refractivity contribution in [1.82, 2.24) is 24.8 Å². The van der Waals surface area contributed by atoms with E-state index in [4.69, 9.17) is 4.74 Å². The predicted octanol–water partition coefficient (Wildman–Crippen LogP) is 3.09. The van der Waals surface area contributed by atoms with Gasteiger partial charge >= 0.3 is 5.97 Å². The standard InChI is InChI=1S/C21H18N6O3S/c1-2-30-20(29)14-7-3-4-8-15(14)23-19(28)13-31-21-25-24-18-11-10-17(26-27(18)21)16-9-5-6-12-22-16/h3-12H,2,13H2,1H3,(H,23,28). The van der Waals surface area contributed by atoms with E-state index in [1.807, 2.05) is 24.3 Å². The second kappa shape index (κ2) is 9.35. The van der Waals surface area contributed by atoms with Crippen molar-refractivity contribution in [3.8, 4) is 11.4 Å². The largest absolute Gasteiger partial charge is 0.462 e. The molecule has 3 aromatic heterocycles. The molecule has 1 aromatic carbocycles. The van der Waals surface area contributed by atoms with Crippen LogP contribution in [0, 0.1) is 0 Å². The molecule has 0 aliphatic heterocycles. The third-order valence-electron chi connectivity index (χ3n) is 4.19. The lowest BCUT2D eigenvalue weighted by molar-refractivity contribution is -0.113. The molecule has 1 amide bonds. The number of esters is 1. The molecule has 0 atom stereocenters. The molecule has 156 valence electrons. The number of amides is 1. The number of carbonyl (C=O) groups is 2. The lowest BCUT2D eigenvalue weighted by atomic mass is 10.2. The Hall–Kier alpha value is -3.79. The third-order valence-corrected chi connectivity index (χ3v) is 5.11. The lowest BCUT2D eigenvalue weighted by Gasteiger charge is -2.10. The highest BCUT2D eigenvalue weighted by molar-refractivity contribution is 7.99. The van der Waals surface area contributed by atoms with Gasteiger partial charge in [0.2, 0.25) is 11.1 Å². The lowest BCUT2D eigenvalue weighted by Crippen LogP contribution is -2.17. The summed E-state index contributed by atoms with van der Waals surface area (Å²) in [6.45, 7) is 1.98.